The molecule has 0 amide bonds. The van der Waals surface area contributed by atoms with Crippen LogP contribution >= 0.6 is 11.6 Å². The molecule has 0 radical (unpaired) electrons. The molecule has 1 fully saturated rings. The van der Waals surface area contributed by atoms with E-state index < -0.39 is 15.8 Å². The smallest absolute Gasteiger partial charge is 0.242 e. The van der Waals surface area contributed by atoms with Gasteiger partial charge in [-0.05, 0) is 37.6 Å². The fourth-order valence-electron chi connectivity index (χ4n) is 2.54. The monoisotopic (exact) mass is 350 g/mol. The van der Waals surface area contributed by atoms with Gasteiger partial charge in [0, 0.05) is 26.2 Å². The van der Waals surface area contributed by atoms with Crippen molar-refractivity contribution >= 4 is 21.6 Å². The molecule has 1 heterocycles. The van der Waals surface area contributed by atoms with Gasteiger partial charge in [-0.25, -0.2) is 17.5 Å². The molecule has 0 spiro atoms. The summed E-state index contributed by atoms with van der Waals surface area (Å²) < 4.78 is 45.7. The van der Waals surface area contributed by atoms with Crippen molar-refractivity contribution in [2.75, 3.05) is 33.4 Å². The van der Waals surface area contributed by atoms with Crippen LogP contribution in [-0.2, 0) is 14.8 Å². The number of benzene rings is 1. The number of halogens is 2. The van der Waals surface area contributed by atoms with Crippen LogP contribution in [0, 0.1) is 5.82 Å². The summed E-state index contributed by atoms with van der Waals surface area (Å²) in [5.74, 6) is -0.629. The van der Waals surface area contributed by atoms with Crippen LogP contribution in [0.3, 0.4) is 0 Å². The number of rotatable bonds is 6. The summed E-state index contributed by atoms with van der Waals surface area (Å²) in [5, 5.41) is 0.0148. The van der Waals surface area contributed by atoms with Gasteiger partial charge in [-0.2, -0.15) is 0 Å². The van der Waals surface area contributed by atoms with Gasteiger partial charge in [0.1, 0.15) is 10.7 Å². The topological polar surface area (TPSA) is 58.6 Å². The van der Waals surface area contributed by atoms with E-state index in [2.05, 4.69) is 9.62 Å². The van der Waals surface area contributed by atoms with Gasteiger partial charge in [-0.15, -0.1) is 0 Å². The average molecular weight is 351 g/mol. The Morgan fingerprint density at radius 3 is 3.00 bits per heavy atom. The number of likely N-dealkylation sites (tertiary alicyclic amines) is 1. The number of nitrogens with one attached hydrogen (secondary N) is 1. The molecule has 1 saturated heterocycles. The first-order valence-corrected chi connectivity index (χ1v) is 8.97. The fourth-order valence-corrected chi connectivity index (χ4v) is 4.31. The molecule has 22 heavy (non-hydrogen) atoms. The van der Waals surface area contributed by atoms with Crippen molar-refractivity contribution in [3.63, 3.8) is 0 Å². The van der Waals surface area contributed by atoms with Crippen molar-refractivity contribution in [2.45, 2.75) is 23.8 Å². The zero-order chi connectivity index (χ0) is 16.2. The predicted molar refractivity (Wildman–Crippen MR) is 83.1 cm³/mol. The predicted octanol–water partition coefficient (Wildman–Crippen LogP) is 1.87. The molecule has 1 aliphatic heterocycles. The molecule has 1 aromatic rings. The lowest BCUT2D eigenvalue weighted by atomic mass is 10.1. The average Bonchev–Trinajstić information content (AvgIpc) is 2.47. The highest BCUT2D eigenvalue weighted by atomic mass is 35.5. The van der Waals surface area contributed by atoms with Gasteiger partial charge in [0.05, 0.1) is 11.6 Å². The molecular weight excluding hydrogens is 331 g/mol. The van der Waals surface area contributed by atoms with Crippen molar-refractivity contribution in [3.05, 3.63) is 29.0 Å². The number of hydrogen-bond acceptors (Lipinski definition) is 4. The zero-order valence-electron chi connectivity index (χ0n) is 12.4. The number of hydrogen-bond donors (Lipinski definition) is 1. The second-order valence-corrected chi connectivity index (χ2v) is 7.42. The lowest BCUT2D eigenvalue weighted by Crippen LogP contribution is -2.48. The number of piperidine rings is 1. The van der Waals surface area contributed by atoms with Crippen LogP contribution in [0.25, 0.3) is 0 Å². The van der Waals surface area contributed by atoms with E-state index in [0.717, 1.165) is 38.1 Å². The summed E-state index contributed by atoms with van der Waals surface area (Å²) in [4.78, 5) is 1.93. The fraction of sp³-hybridized carbons (Fsp3) is 0.571. The first-order valence-electron chi connectivity index (χ1n) is 7.11. The molecule has 1 aliphatic rings. The lowest BCUT2D eigenvalue weighted by Gasteiger charge is -2.32. The van der Waals surface area contributed by atoms with E-state index in [0.29, 0.717) is 13.2 Å². The Labute approximate surface area is 135 Å². The molecule has 1 atom stereocenters. The number of sulfonamides is 1. The summed E-state index contributed by atoms with van der Waals surface area (Å²) in [6, 6.07) is 3.11. The quantitative estimate of drug-likeness (QED) is 0.851. The Hall–Kier alpha value is -0.730. The largest absolute Gasteiger partial charge is 0.383 e. The molecule has 1 N–H and O–H groups in total. The Morgan fingerprint density at radius 2 is 2.27 bits per heavy atom. The summed E-state index contributed by atoms with van der Waals surface area (Å²) >= 11 is 5.88. The van der Waals surface area contributed by atoms with Gasteiger partial charge in [-0.3, -0.25) is 4.90 Å². The van der Waals surface area contributed by atoms with Crippen molar-refractivity contribution in [1.29, 1.82) is 0 Å². The molecule has 0 aliphatic carbocycles. The van der Waals surface area contributed by atoms with E-state index in [1.807, 2.05) is 0 Å². The second kappa shape index (κ2) is 7.70. The third-order valence-electron chi connectivity index (χ3n) is 3.62. The minimum absolute atomic E-state index is 0.0148. The molecule has 5 nitrogen and oxygen atoms in total. The molecule has 1 unspecified atom stereocenters. The summed E-state index contributed by atoms with van der Waals surface area (Å²) in [6.45, 7) is 2.89. The van der Waals surface area contributed by atoms with Crippen LogP contribution in [0.2, 0.25) is 5.02 Å². The van der Waals surface area contributed by atoms with Crippen molar-refractivity contribution < 1.29 is 17.5 Å². The molecule has 8 heteroatoms. The Balaban J connectivity index is 2.06. The first-order chi connectivity index (χ1) is 10.4. The van der Waals surface area contributed by atoms with Crippen LogP contribution in [-0.4, -0.2) is 52.7 Å². The van der Waals surface area contributed by atoms with E-state index in [-0.39, 0.29) is 16.0 Å². The maximum Gasteiger partial charge on any atom is 0.242 e. The van der Waals surface area contributed by atoms with Crippen LogP contribution in [0.5, 0.6) is 0 Å². The van der Waals surface area contributed by atoms with Crippen molar-refractivity contribution in [1.82, 2.24) is 9.62 Å². The highest BCUT2D eigenvalue weighted by Crippen LogP contribution is 2.23. The Bertz CT molecular complexity index is 612. The van der Waals surface area contributed by atoms with Crippen molar-refractivity contribution in [3.8, 4) is 0 Å². The standard InChI is InChI=1S/C14H20ClFN2O3S/c1-21-8-7-18-6-2-3-12(10-18)17-22(19,20)14-9-11(16)4-5-13(14)15/h4-5,9,12,17H,2-3,6-8,10H2,1H3. The van der Waals surface area contributed by atoms with Gasteiger partial charge in [-0.1, -0.05) is 11.6 Å². The first kappa shape index (κ1) is 17.6. The molecule has 2 rings (SSSR count). The lowest BCUT2D eigenvalue weighted by molar-refractivity contribution is 0.126. The van der Waals surface area contributed by atoms with Gasteiger partial charge in [0.15, 0.2) is 0 Å². The van der Waals surface area contributed by atoms with E-state index in [1.54, 1.807) is 7.11 Å². The minimum atomic E-state index is -3.84. The highest BCUT2D eigenvalue weighted by Gasteiger charge is 2.26. The van der Waals surface area contributed by atoms with E-state index in [9.17, 15) is 12.8 Å². The third-order valence-corrected chi connectivity index (χ3v) is 5.62. The van der Waals surface area contributed by atoms with Crippen LogP contribution < -0.4 is 4.72 Å². The number of nitrogens with zero attached hydrogens (tertiary/aromatic N) is 1. The van der Waals surface area contributed by atoms with E-state index in [4.69, 9.17) is 16.3 Å². The number of ether oxygens (including phenoxy) is 1. The van der Waals surface area contributed by atoms with Gasteiger partial charge < -0.3 is 4.74 Å². The van der Waals surface area contributed by atoms with Crippen LogP contribution in [0.15, 0.2) is 23.1 Å². The van der Waals surface area contributed by atoms with Crippen molar-refractivity contribution in [2.24, 2.45) is 0 Å². The molecule has 0 bridgehead atoms. The minimum Gasteiger partial charge on any atom is -0.383 e. The second-order valence-electron chi connectivity index (χ2n) is 5.33. The van der Waals surface area contributed by atoms with Gasteiger partial charge >= 0.3 is 0 Å². The zero-order valence-corrected chi connectivity index (χ0v) is 14.0. The highest BCUT2D eigenvalue weighted by molar-refractivity contribution is 7.89. The molecule has 0 aromatic heterocycles. The third kappa shape index (κ3) is 4.63. The van der Waals surface area contributed by atoms with Crippen LogP contribution in [0.1, 0.15) is 12.8 Å². The molecule has 1 aromatic carbocycles. The van der Waals surface area contributed by atoms with Crippen LogP contribution in [0.4, 0.5) is 4.39 Å². The maximum absolute atomic E-state index is 13.3. The van der Waals surface area contributed by atoms with Gasteiger partial charge in [0.25, 0.3) is 0 Å². The van der Waals surface area contributed by atoms with Gasteiger partial charge in [0.2, 0.25) is 10.0 Å². The normalized spacial score (nSPS) is 20.2. The van der Waals surface area contributed by atoms with E-state index in [1.165, 1.54) is 6.07 Å². The Morgan fingerprint density at radius 1 is 1.50 bits per heavy atom. The molecule has 0 saturated carbocycles. The SMILES string of the molecule is COCCN1CCCC(NS(=O)(=O)c2cc(F)ccc2Cl)C1. The summed E-state index contributed by atoms with van der Waals surface area (Å²) in [7, 11) is -2.20. The maximum atomic E-state index is 13.3. The molecular formula is C14H20ClFN2O3S. The van der Waals surface area contributed by atoms with E-state index >= 15 is 0 Å². The molecule has 124 valence electrons. The summed E-state index contributed by atoms with van der Waals surface area (Å²) in [5.41, 5.74) is 0. The number of methoxy groups -OCH3 is 1. The Kier molecular flexibility index (Phi) is 6.17. The summed E-state index contributed by atoms with van der Waals surface area (Å²) in [6.07, 6.45) is 1.64.